The van der Waals surface area contributed by atoms with Crippen molar-refractivity contribution in [3.8, 4) is 11.5 Å². The lowest BCUT2D eigenvalue weighted by molar-refractivity contribution is -0.123. The molecule has 0 radical (unpaired) electrons. The molecule has 1 aromatic rings. The van der Waals surface area contributed by atoms with Gasteiger partial charge in [0.05, 0.1) is 7.11 Å². The minimum Gasteiger partial charge on any atom is -0.493 e. The lowest BCUT2D eigenvalue weighted by Crippen LogP contribution is -2.40. The number of hydrogen-bond donors (Lipinski definition) is 2. The summed E-state index contributed by atoms with van der Waals surface area (Å²) < 4.78 is 10.9. The number of amides is 2. The monoisotopic (exact) mass is 413 g/mol. The summed E-state index contributed by atoms with van der Waals surface area (Å²) in [5, 5.41) is 5.97. The molecule has 0 aromatic heterocycles. The summed E-state index contributed by atoms with van der Waals surface area (Å²) in [6.45, 7) is 6.20. The van der Waals surface area contributed by atoms with E-state index in [4.69, 9.17) is 9.47 Å². The normalized spacial score (nSPS) is 14.4. The zero-order valence-electron chi connectivity index (χ0n) is 17.1. The third kappa shape index (κ3) is 6.87. The first-order valence-corrected chi connectivity index (χ1v) is 9.48. The zero-order chi connectivity index (χ0) is 19.8. The van der Waals surface area contributed by atoms with E-state index in [1.807, 2.05) is 25.8 Å². The molecule has 1 aromatic carbocycles. The summed E-state index contributed by atoms with van der Waals surface area (Å²) >= 11 is 0. The molecule has 1 fully saturated rings. The van der Waals surface area contributed by atoms with Crippen LogP contribution in [0.3, 0.4) is 0 Å². The van der Waals surface area contributed by atoms with E-state index in [9.17, 15) is 9.59 Å². The highest BCUT2D eigenvalue weighted by Gasteiger charge is 2.24. The fourth-order valence-corrected chi connectivity index (χ4v) is 3.24. The van der Waals surface area contributed by atoms with Crippen LogP contribution in [0.1, 0.15) is 37.0 Å². The van der Waals surface area contributed by atoms with Gasteiger partial charge in [-0.25, -0.2) is 0 Å². The van der Waals surface area contributed by atoms with Gasteiger partial charge in [-0.3, -0.25) is 9.59 Å². The SMILES string of the molecule is CNCC1CCN(C(=O)c2ccc(OCC(=O)NC(C)C)c(OC)c2)CC1.Cl. The second-order valence-corrected chi connectivity index (χ2v) is 7.17. The van der Waals surface area contributed by atoms with Gasteiger partial charge in [-0.15, -0.1) is 12.4 Å². The maximum absolute atomic E-state index is 12.8. The van der Waals surface area contributed by atoms with Gasteiger partial charge in [0, 0.05) is 24.7 Å². The van der Waals surface area contributed by atoms with Crippen LogP contribution < -0.4 is 20.1 Å². The Morgan fingerprint density at radius 2 is 1.89 bits per heavy atom. The Morgan fingerprint density at radius 1 is 1.21 bits per heavy atom. The van der Waals surface area contributed by atoms with Gasteiger partial charge in [0.1, 0.15) is 0 Å². The van der Waals surface area contributed by atoms with Crippen LogP contribution >= 0.6 is 12.4 Å². The van der Waals surface area contributed by atoms with Gasteiger partial charge in [0.25, 0.3) is 11.8 Å². The standard InChI is InChI=1S/C20H31N3O4.ClH/c1-14(2)22-19(24)13-27-17-6-5-16(11-18(17)26-4)20(25)23-9-7-15(8-10-23)12-21-3;/h5-6,11,14-15,21H,7-10,12-13H2,1-4H3,(H,22,24);1H. The van der Waals surface area contributed by atoms with Crippen LogP contribution in [-0.4, -0.2) is 63.2 Å². The Kier molecular flexibility index (Phi) is 10.1. The van der Waals surface area contributed by atoms with Crippen LogP contribution in [0.5, 0.6) is 11.5 Å². The molecule has 2 N–H and O–H groups in total. The molecule has 2 amide bonds. The van der Waals surface area contributed by atoms with E-state index in [0.29, 0.717) is 23.0 Å². The molecule has 1 heterocycles. The van der Waals surface area contributed by atoms with Crippen molar-refractivity contribution in [1.29, 1.82) is 0 Å². The average Bonchev–Trinajstić information content (AvgIpc) is 2.66. The molecular formula is C20H32ClN3O4. The predicted octanol–water partition coefficient (Wildman–Crippen LogP) is 2.09. The van der Waals surface area contributed by atoms with Gasteiger partial charge in [0.2, 0.25) is 0 Å². The number of methoxy groups -OCH3 is 1. The number of carbonyl (C=O) groups excluding carboxylic acids is 2. The maximum atomic E-state index is 12.8. The van der Waals surface area contributed by atoms with Gasteiger partial charge in [-0.2, -0.15) is 0 Å². The summed E-state index contributed by atoms with van der Waals surface area (Å²) in [4.78, 5) is 26.4. The molecule has 0 unspecified atom stereocenters. The molecule has 1 aliphatic rings. The van der Waals surface area contributed by atoms with Crippen LogP contribution in [0, 0.1) is 5.92 Å². The van der Waals surface area contributed by atoms with Crippen molar-refractivity contribution in [3.63, 3.8) is 0 Å². The molecule has 1 aliphatic heterocycles. The minimum absolute atomic E-state index is 0. The molecule has 0 aliphatic carbocycles. The van der Waals surface area contributed by atoms with E-state index in [1.54, 1.807) is 18.2 Å². The zero-order valence-corrected chi connectivity index (χ0v) is 17.9. The summed E-state index contributed by atoms with van der Waals surface area (Å²) in [5.41, 5.74) is 0.567. The van der Waals surface area contributed by atoms with Crippen molar-refractivity contribution in [2.45, 2.75) is 32.7 Å². The Balaban J connectivity index is 0.00000392. The molecule has 1 saturated heterocycles. The van der Waals surface area contributed by atoms with Crippen LogP contribution in [0.4, 0.5) is 0 Å². The van der Waals surface area contributed by atoms with Gasteiger partial charge in [-0.1, -0.05) is 0 Å². The molecule has 0 spiro atoms. The molecule has 0 saturated carbocycles. The minimum atomic E-state index is -0.198. The first-order valence-electron chi connectivity index (χ1n) is 9.48. The Bertz CT molecular complexity index is 646. The van der Waals surface area contributed by atoms with E-state index in [-0.39, 0.29) is 36.9 Å². The van der Waals surface area contributed by atoms with Crippen molar-refractivity contribution >= 4 is 24.2 Å². The van der Waals surface area contributed by atoms with Crippen LogP contribution in [-0.2, 0) is 4.79 Å². The predicted molar refractivity (Wildman–Crippen MR) is 112 cm³/mol. The summed E-state index contributed by atoms with van der Waals surface area (Å²) in [6, 6.07) is 5.14. The molecule has 7 nitrogen and oxygen atoms in total. The van der Waals surface area contributed by atoms with Crippen LogP contribution in [0.2, 0.25) is 0 Å². The lowest BCUT2D eigenvalue weighted by Gasteiger charge is -2.32. The van der Waals surface area contributed by atoms with E-state index in [0.717, 1.165) is 32.5 Å². The molecule has 0 bridgehead atoms. The molecular weight excluding hydrogens is 382 g/mol. The van der Waals surface area contributed by atoms with Crippen molar-refractivity contribution in [1.82, 2.24) is 15.5 Å². The number of halogens is 1. The number of benzene rings is 1. The highest BCUT2D eigenvalue weighted by molar-refractivity contribution is 5.95. The summed E-state index contributed by atoms with van der Waals surface area (Å²) in [6.07, 6.45) is 2.02. The van der Waals surface area contributed by atoms with Crippen molar-refractivity contribution < 1.29 is 19.1 Å². The largest absolute Gasteiger partial charge is 0.493 e. The average molecular weight is 414 g/mol. The van der Waals surface area contributed by atoms with Crippen LogP contribution in [0.15, 0.2) is 18.2 Å². The van der Waals surface area contributed by atoms with Gasteiger partial charge >= 0.3 is 0 Å². The number of hydrogen-bond acceptors (Lipinski definition) is 5. The van der Waals surface area contributed by atoms with Crippen molar-refractivity contribution in [2.24, 2.45) is 5.92 Å². The number of nitrogens with one attached hydrogen (secondary N) is 2. The topological polar surface area (TPSA) is 79.9 Å². The number of piperidine rings is 1. The third-order valence-electron chi connectivity index (χ3n) is 4.61. The lowest BCUT2D eigenvalue weighted by atomic mass is 9.96. The molecule has 0 atom stereocenters. The number of rotatable bonds is 8. The van der Waals surface area contributed by atoms with Gasteiger partial charge in [0.15, 0.2) is 18.1 Å². The maximum Gasteiger partial charge on any atom is 0.258 e. The third-order valence-corrected chi connectivity index (χ3v) is 4.61. The van der Waals surface area contributed by atoms with Crippen molar-refractivity contribution in [2.75, 3.05) is 40.4 Å². The summed E-state index contributed by atoms with van der Waals surface area (Å²) in [7, 11) is 3.48. The molecule has 8 heteroatoms. The Morgan fingerprint density at radius 3 is 2.46 bits per heavy atom. The van der Waals surface area contributed by atoms with Crippen molar-refractivity contribution in [3.05, 3.63) is 23.8 Å². The highest BCUT2D eigenvalue weighted by Crippen LogP contribution is 2.29. The highest BCUT2D eigenvalue weighted by atomic mass is 35.5. The number of carbonyl (C=O) groups is 2. The summed E-state index contributed by atoms with van der Waals surface area (Å²) in [5.74, 6) is 1.32. The molecule has 28 heavy (non-hydrogen) atoms. The molecule has 158 valence electrons. The Hall–Kier alpha value is -1.99. The van der Waals surface area contributed by atoms with E-state index < -0.39 is 0 Å². The number of nitrogens with zero attached hydrogens (tertiary/aromatic N) is 1. The molecule has 2 rings (SSSR count). The van der Waals surface area contributed by atoms with E-state index in [1.165, 1.54) is 7.11 Å². The second-order valence-electron chi connectivity index (χ2n) is 7.17. The van der Waals surface area contributed by atoms with Gasteiger partial charge < -0.3 is 25.0 Å². The number of likely N-dealkylation sites (tertiary alicyclic amines) is 1. The van der Waals surface area contributed by atoms with E-state index >= 15 is 0 Å². The second kappa shape index (κ2) is 11.8. The fourth-order valence-electron chi connectivity index (χ4n) is 3.24. The van der Waals surface area contributed by atoms with Crippen LogP contribution in [0.25, 0.3) is 0 Å². The smallest absolute Gasteiger partial charge is 0.258 e. The van der Waals surface area contributed by atoms with Gasteiger partial charge in [-0.05, 0) is 64.4 Å². The number of ether oxygens (including phenoxy) is 2. The first-order chi connectivity index (χ1) is 12.9. The van der Waals surface area contributed by atoms with E-state index in [2.05, 4.69) is 10.6 Å². The Labute approximate surface area is 173 Å². The first kappa shape index (κ1) is 24.0. The fraction of sp³-hybridized carbons (Fsp3) is 0.600. The quantitative estimate of drug-likeness (QED) is 0.682.